The zero-order valence-electron chi connectivity index (χ0n) is 11.9. The smallest absolute Gasteiger partial charge is 0.373 e. The van der Waals surface area contributed by atoms with Crippen LogP contribution in [-0.2, 0) is 5.92 Å². The maximum absolute atomic E-state index is 14.0. The number of halogens is 6. The predicted molar refractivity (Wildman–Crippen MR) is 76.6 cm³/mol. The Morgan fingerprint density at radius 2 is 1.42 bits per heavy atom. The second kappa shape index (κ2) is 6.14. The van der Waals surface area contributed by atoms with E-state index < -0.39 is 29.6 Å². The largest absolute Gasteiger partial charge is 0.455 e. The molecule has 0 aliphatic carbocycles. The predicted octanol–water partition coefficient (Wildman–Crippen LogP) is 4.64. The van der Waals surface area contributed by atoms with Gasteiger partial charge in [0.05, 0.1) is 16.9 Å². The number of rotatable bonds is 5. The highest BCUT2D eigenvalue weighted by molar-refractivity contribution is 5.71. The molecule has 0 saturated carbocycles. The number of anilines is 2. The quantitative estimate of drug-likeness (QED) is 0.610. The number of nitrogen functional groups attached to an aromatic ring is 2. The summed E-state index contributed by atoms with van der Waals surface area (Å²) >= 11 is 0. The van der Waals surface area contributed by atoms with Crippen molar-refractivity contribution in [3.63, 3.8) is 0 Å². The van der Waals surface area contributed by atoms with Crippen LogP contribution < -0.4 is 16.2 Å². The zero-order chi connectivity index (χ0) is 18.1. The molecular weight excluding hydrogens is 338 g/mol. The molecule has 130 valence electrons. The highest BCUT2D eigenvalue weighted by Crippen LogP contribution is 2.49. The molecule has 0 saturated heterocycles. The number of hydrogen-bond donors (Lipinski definition) is 2. The average Bonchev–Trinajstić information content (AvgIpc) is 2.52. The molecule has 2 rings (SSSR count). The molecule has 3 nitrogen and oxygen atoms in total. The first kappa shape index (κ1) is 17.8. The Bertz CT molecular complexity index is 736. The van der Waals surface area contributed by atoms with Crippen LogP contribution in [0.25, 0.3) is 0 Å². The van der Waals surface area contributed by atoms with Gasteiger partial charge in [0.25, 0.3) is 0 Å². The van der Waals surface area contributed by atoms with Crippen molar-refractivity contribution >= 4 is 11.4 Å². The minimum atomic E-state index is -5.58. The lowest BCUT2D eigenvalue weighted by Crippen LogP contribution is -2.44. The molecule has 0 aliphatic rings. The molecule has 0 atom stereocenters. The van der Waals surface area contributed by atoms with E-state index in [0.29, 0.717) is 6.07 Å². The third kappa shape index (κ3) is 2.93. The minimum Gasteiger partial charge on any atom is -0.455 e. The topological polar surface area (TPSA) is 61.3 Å². The normalized spacial score (nSPS) is 12.5. The van der Waals surface area contributed by atoms with E-state index in [4.69, 9.17) is 16.2 Å². The molecule has 24 heavy (non-hydrogen) atoms. The van der Waals surface area contributed by atoms with Crippen molar-refractivity contribution in [3.05, 3.63) is 48.0 Å². The van der Waals surface area contributed by atoms with E-state index in [2.05, 4.69) is 0 Å². The number of ether oxygens (including phenoxy) is 1. The van der Waals surface area contributed by atoms with E-state index in [1.54, 1.807) is 0 Å². The molecule has 4 N–H and O–H groups in total. The first-order chi connectivity index (χ1) is 11.1. The highest BCUT2D eigenvalue weighted by atomic mass is 19.3. The molecular formula is C15H12F6N2O. The monoisotopic (exact) mass is 350 g/mol. The maximum atomic E-state index is 14.0. The van der Waals surface area contributed by atoms with E-state index in [0.717, 1.165) is 12.1 Å². The summed E-state index contributed by atoms with van der Waals surface area (Å²) in [5.74, 6) is -11.6. The van der Waals surface area contributed by atoms with Crippen LogP contribution in [-0.4, -0.2) is 12.3 Å². The van der Waals surface area contributed by atoms with Crippen molar-refractivity contribution in [3.8, 4) is 11.5 Å². The van der Waals surface area contributed by atoms with Crippen LogP contribution in [0.2, 0.25) is 0 Å². The summed E-state index contributed by atoms with van der Waals surface area (Å²) < 4.78 is 84.3. The molecule has 0 fully saturated rings. The molecule has 0 radical (unpaired) electrons. The summed E-state index contributed by atoms with van der Waals surface area (Å²) in [5, 5.41) is 0. The fourth-order valence-electron chi connectivity index (χ4n) is 1.90. The molecule has 0 aromatic heterocycles. The summed E-state index contributed by atoms with van der Waals surface area (Å²) in [7, 11) is 0. The fraction of sp³-hybridized carbons (Fsp3) is 0.200. The van der Waals surface area contributed by atoms with Crippen LogP contribution in [0.5, 0.6) is 11.5 Å². The number of para-hydroxylation sites is 2. The third-order valence-electron chi connectivity index (χ3n) is 3.24. The van der Waals surface area contributed by atoms with Gasteiger partial charge in [0.15, 0.2) is 5.75 Å². The van der Waals surface area contributed by atoms with Gasteiger partial charge in [-0.1, -0.05) is 18.2 Å². The summed E-state index contributed by atoms with van der Waals surface area (Å²) in [5.41, 5.74) is 9.74. The Labute approximate surface area is 132 Å². The van der Waals surface area contributed by atoms with Crippen LogP contribution in [0.15, 0.2) is 42.5 Å². The Kier molecular flexibility index (Phi) is 4.54. The maximum Gasteiger partial charge on any atom is 0.373 e. The molecule has 0 bridgehead atoms. The van der Waals surface area contributed by atoms with Gasteiger partial charge in [0.2, 0.25) is 0 Å². The molecule has 0 aliphatic heterocycles. The molecule has 0 amide bonds. The Morgan fingerprint density at radius 3 is 2.04 bits per heavy atom. The summed E-state index contributed by atoms with van der Waals surface area (Å²) in [4.78, 5) is 0. The third-order valence-corrected chi connectivity index (χ3v) is 3.24. The van der Waals surface area contributed by atoms with Crippen molar-refractivity contribution in [1.82, 2.24) is 0 Å². The summed E-state index contributed by atoms with van der Waals surface area (Å²) in [6.07, 6.45) is -4.56. The highest BCUT2D eigenvalue weighted by Gasteiger charge is 2.64. The van der Waals surface area contributed by atoms with Crippen molar-refractivity contribution < 1.29 is 31.1 Å². The van der Waals surface area contributed by atoms with Gasteiger partial charge >= 0.3 is 18.3 Å². The summed E-state index contributed by atoms with van der Waals surface area (Å²) in [6.45, 7) is 0. The second-order valence-corrected chi connectivity index (χ2v) is 4.86. The van der Waals surface area contributed by atoms with Gasteiger partial charge in [-0.15, -0.1) is 0 Å². The van der Waals surface area contributed by atoms with Crippen molar-refractivity contribution in [1.29, 1.82) is 0 Å². The second-order valence-electron chi connectivity index (χ2n) is 4.86. The van der Waals surface area contributed by atoms with E-state index in [9.17, 15) is 26.3 Å². The van der Waals surface area contributed by atoms with Gasteiger partial charge in [-0.25, -0.2) is 8.78 Å². The molecule has 0 heterocycles. The molecule has 9 heteroatoms. The van der Waals surface area contributed by atoms with Gasteiger partial charge in [-0.05, 0) is 24.3 Å². The Hall–Kier alpha value is -2.58. The average molecular weight is 350 g/mol. The van der Waals surface area contributed by atoms with Crippen molar-refractivity contribution in [2.45, 2.75) is 18.3 Å². The van der Waals surface area contributed by atoms with Crippen molar-refractivity contribution in [2.24, 2.45) is 0 Å². The Morgan fingerprint density at radius 1 is 0.833 bits per heavy atom. The summed E-state index contributed by atoms with van der Waals surface area (Å²) in [6, 6.07) is 7.81. The van der Waals surface area contributed by atoms with Crippen LogP contribution in [0.4, 0.5) is 37.7 Å². The van der Waals surface area contributed by atoms with Gasteiger partial charge < -0.3 is 16.2 Å². The van der Waals surface area contributed by atoms with Gasteiger partial charge in [0.1, 0.15) is 5.75 Å². The van der Waals surface area contributed by atoms with E-state index in [1.807, 2.05) is 0 Å². The molecule has 2 aromatic carbocycles. The minimum absolute atomic E-state index is 0.0784. The number of hydrogen-bond acceptors (Lipinski definition) is 3. The first-order valence-electron chi connectivity index (χ1n) is 6.54. The van der Waals surface area contributed by atoms with E-state index in [-0.39, 0.29) is 17.1 Å². The SMILES string of the molecule is Nc1cccc(Oc2ccccc2C(F)(F)C(F)(F)C(F)F)c1N. The standard InChI is InChI=1S/C15H12F6N2O/c16-13(17)15(20,21)14(18,19)8-4-1-2-6-10(8)24-11-7-3-5-9(22)12(11)23/h1-7,13H,22-23H2. The first-order valence-corrected chi connectivity index (χ1v) is 6.54. The molecule has 0 unspecified atom stereocenters. The molecule has 0 spiro atoms. The van der Waals surface area contributed by atoms with E-state index >= 15 is 0 Å². The number of nitrogens with two attached hydrogens (primary N) is 2. The Balaban J connectivity index is 2.50. The van der Waals surface area contributed by atoms with Gasteiger partial charge in [-0.2, -0.15) is 17.6 Å². The number of benzene rings is 2. The van der Waals surface area contributed by atoms with Crippen LogP contribution in [0.3, 0.4) is 0 Å². The van der Waals surface area contributed by atoms with Crippen LogP contribution in [0, 0.1) is 0 Å². The fourth-order valence-corrected chi connectivity index (χ4v) is 1.90. The van der Waals surface area contributed by atoms with E-state index in [1.165, 1.54) is 24.3 Å². The van der Waals surface area contributed by atoms with Crippen molar-refractivity contribution in [2.75, 3.05) is 11.5 Å². The van der Waals surface area contributed by atoms with Crippen LogP contribution in [0.1, 0.15) is 5.56 Å². The molecule has 2 aromatic rings. The lowest BCUT2D eigenvalue weighted by atomic mass is 10.0. The van der Waals surface area contributed by atoms with Crippen LogP contribution >= 0.6 is 0 Å². The zero-order valence-corrected chi connectivity index (χ0v) is 11.9. The number of alkyl halides is 6. The lowest BCUT2D eigenvalue weighted by molar-refractivity contribution is -0.270. The lowest BCUT2D eigenvalue weighted by Gasteiger charge is -2.27. The van der Waals surface area contributed by atoms with Gasteiger partial charge in [0, 0.05) is 0 Å². The van der Waals surface area contributed by atoms with Gasteiger partial charge in [-0.3, -0.25) is 0 Å².